The van der Waals surface area contributed by atoms with Crippen LogP contribution in [0.2, 0.25) is 0 Å². The van der Waals surface area contributed by atoms with E-state index in [-0.39, 0.29) is 27.8 Å². The molecule has 10 nitrogen and oxygen atoms in total. The number of aliphatic hydroxyl groups is 1. The topological polar surface area (TPSA) is 143 Å². The van der Waals surface area contributed by atoms with Gasteiger partial charge in [0.1, 0.15) is 10.3 Å². The van der Waals surface area contributed by atoms with E-state index in [0.717, 1.165) is 65.5 Å². The Morgan fingerprint density at radius 2 is 1.73 bits per heavy atom. The van der Waals surface area contributed by atoms with E-state index in [4.69, 9.17) is 5.10 Å². The predicted molar refractivity (Wildman–Crippen MR) is 197 cm³/mol. The number of hydrogen-bond acceptors (Lipinski definition) is 8. The van der Waals surface area contributed by atoms with Crippen molar-refractivity contribution in [2.24, 2.45) is 16.2 Å². The summed E-state index contributed by atoms with van der Waals surface area (Å²) in [4.78, 5) is 40.4. The molecule has 4 aliphatic rings. The molecule has 0 spiro atoms. The second-order valence-electron chi connectivity index (χ2n) is 16.1. The highest BCUT2D eigenvalue weighted by atomic mass is 32.1. The zero-order valence-electron chi connectivity index (χ0n) is 28.7. The lowest BCUT2D eigenvalue weighted by atomic mass is 9.39. The van der Waals surface area contributed by atoms with Gasteiger partial charge in [0.05, 0.1) is 17.5 Å². The van der Waals surface area contributed by atoms with Gasteiger partial charge in [0.15, 0.2) is 10.8 Å². The van der Waals surface area contributed by atoms with Gasteiger partial charge < -0.3 is 10.2 Å². The quantitative estimate of drug-likeness (QED) is 0.152. The number of nitrogens with one attached hydrogen (secondary N) is 1. The number of carboxylic acids is 1. The highest BCUT2D eigenvalue weighted by Gasteiger charge is 2.65. The van der Waals surface area contributed by atoms with Crippen LogP contribution in [-0.2, 0) is 6.54 Å². The molecule has 4 aromatic heterocycles. The van der Waals surface area contributed by atoms with Crippen molar-refractivity contribution < 1.29 is 19.8 Å². The Kier molecular flexibility index (Phi) is 6.89. The van der Waals surface area contributed by atoms with E-state index in [1.54, 1.807) is 30.6 Å². The van der Waals surface area contributed by atoms with Gasteiger partial charge in [-0.3, -0.25) is 14.8 Å². The van der Waals surface area contributed by atoms with Gasteiger partial charge in [-0.1, -0.05) is 49.4 Å². The van der Waals surface area contributed by atoms with Gasteiger partial charge in [-0.25, -0.2) is 19.7 Å². The first-order chi connectivity index (χ1) is 24.3. The second-order valence-corrected chi connectivity index (χ2v) is 17.1. The summed E-state index contributed by atoms with van der Waals surface area (Å²) >= 11 is 1.31. The number of aromatic nitrogens is 5. The van der Waals surface area contributed by atoms with Crippen LogP contribution in [0.5, 0.6) is 0 Å². The summed E-state index contributed by atoms with van der Waals surface area (Å²) in [6.45, 7) is 7.36. The second kappa shape index (κ2) is 11.0. The minimum Gasteiger partial charge on any atom is -0.476 e. The van der Waals surface area contributed by atoms with Crippen LogP contribution in [0.15, 0.2) is 73.1 Å². The Bertz CT molecular complexity index is 2350. The third-order valence-electron chi connectivity index (χ3n) is 11.5. The summed E-state index contributed by atoms with van der Waals surface area (Å²) in [5.41, 5.74) is 4.00. The minimum atomic E-state index is -1.13. The van der Waals surface area contributed by atoms with Gasteiger partial charge in [-0.05, 0) is 109 Å². The van der Waals surface area contributed by atoms with E-state index in [2.05, 4.69) is 34.1 Å². The molecule has 4 fully saturated rings. The number of carboxylic acid groups (broad SMARTS) is 1. The van der Waals surface area contributed by atoms with E-state index in [0.29, 0.717) is 39.4 Å². The summed E-state index contributed by atoms with van der Waals surface area (Å²) in [7, 11) is 0. The third-order valence-corrected chi connectivity index (χ3v) is 12.4. The molecule has 6 aromatic rings. The van der Waals surface area contributed by atoms with E-state index < -0.39 is 11.6 Å². The molecule has 4 bridgehead atoms. The SMILES string of the molecule is Cc1c(-c2ccc(-c3ccc4cccc(C(=O)Nc5nc6cccnc6s5)c4c3)nc2C(=O)O)cnn1CC12CC3(C)CC(C)(CC(O)(C3)C1)C2. The molecule has 3 N–H and O–H groups in total. The lowest BCUT2D eigenvalue weighted by Crippen LogP contribution is -2.63. The first-order valence-electron chi connectivity index (χ1n) is 17.4. The Labute approximate surface area is 298 Å². The van der Waals surface area contributed by atoms with Gasteiger partial charge in [-0.2, -0.15) is 5.10 Å². The van der Waals surface area contributed by atoms with Crippen molar-refractivity contribution in [1.29, 1.82) is 0 Å². The Morgan fingerprint density at radius 3 is 2.47 bits per heavy atom. The first-order valence-corrected chi connectivity index (χ1v) is 18.2. The minimum absolute atomic E-state index is 0.0454. The number of amides is 1. The molecule has 0 saturated heterocycles. The van der Waals surface area contributed by atoms with Gasteiger partial charge in [0.25, 0.3) is 5.91 Å². The predicted octanol–water partition coefficient (Wildman–Crippen LogP) is 8.14. The van der Waals surface area contributed by atoms with Crippen molar-refractivity contribution >= 4 is 49.5 Å². The van der Waals surface area contributed by atoms with E-state index in [1.165, 1.54) is 11.3 Å². The number of benzene rings is 2. The highest BCUT2D eigenvalue weighted by molar-refractivity contribution is 7.22. The van der Waals surface area contributed by atoms with Crippen LogP contribution in [0.25, 0.3) is 43.5 Å². The summed E-state index contributed by atoms with van der Waals surface area (Å²) in [6.07, 6.45) is 9.25. The average Bonchev–Trinajstić information content (AvgIpc) is 3.63. The Morgan fingerprint density at radius 1 is 0.922 bits per heavy atom. The molecule has 4 aliphatic carbocycles. The molecule has 0 aliphatic heterocycles. The maximum absolute atomic E-state index is 13.5. The number of hydrogen-bond donors (Lipinski definition) is 3. The van der Waals surface area contributed by atoms with E-state index in [9.17, 15) is 19.8 Å². The van der Waals surface area contributed by atoms with Crippen LogP contribution >= 0.6 is 11.3 Å². The number of rotatable bonds is 7. The lowest BCUT2D eigenvalue weighted by Gasteiger charge is -2.68. The zero-order valence-corrected chi connectivity index (χ0v) is 29.5. The van der Waals surface area contributed by atoms with Crippen molar-refractivity contribution in [2.75, 3.05) is 5.32 Å². The molecule has 2 unspecified atom stereocenters. The summed E-state index contributed by atoms with van der Waals surface area (Å²) in [6, 6.07) is 18.5. The van der Waals surface area contributed by atoms with E-state index >= 15 is 0 Å². The van der Waals surface area contributed by atoms with Crippen molar-refractivity contribution in [3.05, 3.63) is 90.0 Å². The summed E-state index contributed by atoms with van der Waals surface area (Å²) < 4.78 is 2.01. The van der Waals surface area contributed by atoms with Gasteiger partial charge in [0.2, 0.25) is 0 Å². The normalized spacial score (nSPS) is 26.6. The average molecular weight is 699 g/mol. The van der Waals surface area contributed by atoms with Gasteiger partial charge >= 0.3 is 5.97 Å². The van der Waals surface area contributed by atoms with Crippen molar-refractivity contribution in [1.82, 2.24) is 24.7 Å². The monoisotopic (exact) mass is 698 g/mol. The number of anilines is 1. The number of aromatic carboxylic acids is 1. The van der Waals surface area contributed by atoms with Crippen molar-refractivity contribution in [3.63, 3.8) is 0 Å². The molecule has 2 atom stereocenters. The van der Waals surface area contributed by atoms with Crippen molar-refractivity contribution in [2.45, 2.75) is 71.4 Å². The largest absolute Gasteiger partial charge is 0.476 e. The standard InChI is InChI=1S/C40H38N6O4S/c1-23-29(15-42-46(23)22-39-17-37(2)16-38(3,18-39)20-40(50,19-37)21-39)26-11-12-30(43-32(26)35(48)49)25-10-9-24-6-4-7-27(28(24)14-25)33(47)45-36-44-31-8-5-13-41-34(31)51-36/h4-15,50H,16-22H2,1-3H3,(H,48,49)(H,44,45,47). The number of nitrogens with zero attached hydrogens (tertiary/aromatic N) is 5. The third kappa shape index (κ3) is 5.41. The molecular weight excluding hydrogens is 661 g/mol. The van der Waals surface area contributed by atoms with Gasteiger partial charge in [0, 0.05) is 40.7 Å². The van der Waals surface area contributed by atoms with Crippen LogP contribution in [0.1, 0.15) is 78.9 Å². The molecule has 1 amide bonds. The number of carbonyl (C=O) groups excluding carboxylic acids is 1. The fourth-order valence-corrected chi connectivity index (χ4v) is 11.7. The Balaban J connectivity index is 1.02. The lowest BCUT2D eigenvalue weighted by molar-refractivity contribution is -0.229. The van der Waals surface area contributed by atoms with Gasteiger partial charge in [-0.15, -0.1) is 0 Å². The summed E-state index contributed by atoms with van der Waals surface area (Å²) in [5, 5.41) is 31.7. The van der Waals surface area contributed by atoms with Crippen LogP contribution in [0.3, 0.4) is 0 Å². The molecule has 51 heavy (non-hydrogen) atoms. The highest BCUT2D eigenvalue weighted by Crippen LogP contribution is 2.71. The fourth-order valence-electron chi connectivity index (χ4n) is 10.9. The molecule has 10 rings (SSSR count). The number of fused-ring (bicyclic) bond motifs is 2. The molecule has 4 saturated carbocycles. The smallest absolute Gasteiger partial charge is 0.355 e. The number of pyridine rings is 2. The number of thiazole rings is 1. The fraction of sp³-hybridized carbons (Fsp3) is 0.350. The maximum atomic E-state index is 13.5. The van der Waals surface area contributed by atoms with Crippen LogP contribution in [0.4, 0.5) is 5.13 Å². The molecule has 11 heteroatoms. The van der Waals surface area contributed by atoms with Crippen molar-refractivity contribution in [3.8, 4) is 22.4 Å². The molecule has 0 radical (unpaired) electrons. The van der Waals surface area contributed by atoms with Crippen LogP contribution in [0, 0.1) is 23.2 Å². The van der Waals surface area contributed by atoms with E-state index in [1.807, 2.05) is 54.1 Å². The number of carbonyl (C=O) groups is 2. The van der Waals surface area contributed by atoms with Crippen LogP contribution in [-0.4, -0.2) is 52.4 Å². The van der Waals surface area contributed by atoms with Crippen LogP contribution < -0.4 is 5.32 Å². The first kappa shape index (κ1) is 31.9. The molecule has 258 valence electrons. The molecule has 2 aromatic carbocycles. The Hall–Kier alpha value is -5.00. The summed E-state index contributed by atoms with van der Waals surface area (Å²) in [5.74, 6) is -1.43. The maximum Gasteiger partial charge on any atom is 0.355 e. The molecule has 4 heterocycles. The zero-order chi connectivity index (χ0) is 35.3. The molecular formula is C40H38N6O4S.